The van der Waals surface area contributed by atoms with Gasteiger partial charge in [0.05, 0.1) is 0 Å². The third-order valence-electron chi connectivity index (χ3n) is 3.69. The number of furan rings is 1. The fourth-order valence-electron chi connectivity index (χ4n) is 2.68. The summed E-state index contributed by atoms with van der Waals surface area (Å²) in [6.45, 7) is -2.99. The average Bonchev–Trinajstić information content (AvgIpc) is 3.20. The second-order valence-corrected chi connectivity index (χ2v) is 5.19. The van der Waals surface area contributed by atoms with E-state index < -0.39 is 12.5 Å². The monoisotopic (exact) mass is 344 g/mol. The third-order valence-corrected chi connectivity index (χ3v) is 3.69. The van der Waals surface area contributed by atoms with Gasteiger partial charge in [-0.15, -0.1) is 0 Å². The van der Waals surface area contributed by atoms with Gasteiger partial charge in [0.1, 0.15) is 11.8 Å². The van der Waals surface area contributed by atoms with Crippen LogP contribution in [0.5, 0.6) is 5.75 Å². The Morgan fingerprint density at radius 2 is 2.00 bits per heavy atom. The lowest BCUT2D eigenvalue weighted by atomic mass is 10.1. The number of ether oxygens (including phenoxy) is 1. The Balaban J connectivity index is 2.02. The largest absolute Gasteiger partial charge is 0.452 e. The zero-order valence-electron chi connectivity index (χ0n) is 12.5. The van der Waals surface area contributed by atoms with E-state index in [-0.39, 0.29) is 22.9 Å². The van der Waals surface area contributed by atoms with E-state index in [1.54, 1.807) is 24.3 Å². The fraction of sp³-hybridized carbons (Fsp3) is 0.0588. The van der Waals surface area contributed by atoms with Crippen molar-refractivity contribution in [3.8, 4) is 17.2 Å². The van der Waals surface area contributed by atoms with Gasteiger partial charge in [0.2, 0.25) is 5.89 Å². The number of carbonyl (C=O) groups excluding carboxylic acids is 1. The van der Waals surface area contributed by atoms with Gasteiger partial charge in [-0.05, 0) is 18.2 Å². The Labute approximate surface area is 138 Å². The molecule has 126 valence electrons. The molecule has 0 aliphatic heterocycles. The van der Waals surface area contributed by atoms with Gasteiger partial charge in [-0.1, -0.05) is 18.2 Å². The van der Waals surface area contributed by atoms with Crippen molar-refractivity contribution in [2.24, 2.45) is 5.73 Å². The lowest BCUT2D eigenvalue weighted by Gasteiger charge is -2.06. The summed E-state index contributed by atoms with van der Waals surface area (Å²) in [5.41, 5.74) is 6.24. The van der Waals surface area contributed by atoms with Crippen molar-refractivity contribution in [2.45, 2.75) is 6.61 Å². The molecule has 0 radical (unpaired) electrons. The van der Waals surface area contributed by atoms with E-state index in [1.807, 2.05) is 0 Å². The van der Waals surface area contributed by atoms with Crippen molar-refractivity contribution in [3.63, 3.8) is 0 Å². The zero-order valence-corrected chi connectivity index (χ0v) is 12.5. The highest BCUT2D eigenvalue weighted by molar-refractivity contribution is 6.13. The maximum atomic E-state index is 12.7. The highest BCUT2D eigenvalue weighted by Crippen LogP contribution is 2.41. The summed E-state index contributed by atoms with van der Waals surface area (Å²) in [6.07, 6.45) is 1.13. The Morgan fingerprint density at radius 1 is 1.20 bits per heavy atom. The Bertz CT molecular complexity index is 1100. The van der Waals surface area contributed by atoms with E-state index in [0.717, 1.165) is 6.26 Å². The summed E-state index contributed by atoms with van der Waals surface area (Å²) in [5.74, 6) is -0.721. The molecule has 0 bridgehead atoms. The van der Waals surface area contributed by atoms with E-state index in [1.165, 1.54) is 12.1 Å². The maximum absolute atomic E-state index is 12.7. The summed E-state index contributed by atoms with van der Waals surface area (Å²) >= 11 is 0. The molecule has 2 aromatic heterocycles. The molecule has 6 nitrogen and oxygen atoms in total. The van der Waals surface area contributed by atoms with Gasteiger partial charge < -0.3 is 19.3 Å². The minimum atomic E-state index is -2.99. The van der Waals surface area contributed by atoms with E-state index in [4.69, 9.17) is 14.6 Å². The fourth-order valence-corrected chi connectivity index (χ4v) is 2.68. The number of nitrogens with zero attached hydrogens (tertiary/aromatic N) is 1. The average molecular weight is 344 g/mol. The molecule has 1 amide bonds. The molecule has 8 heteroatoms. The predicted molar refractivity (Wildman–Crippen MR) is 84.4 cm³/mol. The topological polar surface area (TPSA) is 91.5 Å². The van der Waals surface area contributed by atoms with Crippen molar-refractivity contribution in [2.75, 3.05) is 0 Å². The van der Waals surface area contributed by atoms with Crippen LogP contribution >= 0.6 is 0 Å². The molecule has 25 heavy (non-hydrogen) atoms. The van der Waals surface area contributed by atoms with Crippen LogP contribution in [-0.2, 0) is 0 Å². The number of hydrogen-bond acceptors (Lipinski definition) is 5. The van der Waals surface area contributed by atoms with Crippen LogP contribution in [0.3, 0.4) is 0 Å². The number of carbonyl (C=O) groups is 1. The van der Waals surface area contributed by atoms with Crippen LogP contribution in [0.2, 0.25) is 0 Å². The third kappa shape index (κ3) is 2.47. The lowest BCUT2D eigenvalue weighted by Crippen LogP contribution is -2.10. The van der Waals surface area contributed by atoms with Crippen LogP contribution in [0.15, 0.2) is 51.5 Å². The van der Waals surface area contributed by atoms with Gasteiger partial charge in [0.15, 0.2) is 17.0 Å². The summed E-state index contributed by atoms with van der Waals surface area (Å²) in [4.78, 5) is 15.3. The highest BCUT2D eigenvalue weighted by atomic mass is 19.3. The minimum Gasteiger partial charge on any atom is -0.452 e. The van der Waals surface area contributed by atoms with Crippen molar-refractivity contribution >= 4 is 27.8 Å². The maximum Gasteiger partial charge on any atom is 0.387 e. The van der Waals surface area contributed by atoms with E-state index in [9.17, 15) is 13.6 Å². The molecular formula is C17H10F2N2O4. The van der Waals surface area contributed by atoms with Crippen LogP contribution in [0.4, 0.5) is 8.78 Å². The second-order valence-electron chi connectivity index (χ2n) is 5.19. The number of alkyl halides is 2. The normalized spacial score (nSPS) is 11.5. The quantitative estimate of drug-likeness (QED) is 0.605. The first kappa shape index (κ1) is 15.1. The molecular weight excluding hydrogens is 334 g/mol. The van der Waals surface area contributed by atoms with E-state index in [0.29, 0.717) is 21.9 Å². The van der Waals surface area contributed by atoms with Crippen molar-refractivity contribution in [1.82, 2.24) is 4.98 Å². The molecule has 0 fully saturated rings. The number of aromatic nitrogens is 1. The number of nitrogens with two attached hydrogens (primary N) is 1. The lowest BCUT2D eigenvalue weighted by molar-refractivity contribution is -0.0493. The molecule has 0 unspecified atom stereocenters. The molecule has 2 heterocycles. The first-order chi connectivity index (χ1) is 12.0. The molecule has 4 rings (SSSR count). The number of fused-ring (bicyclic) bond motifs is 3. The SMILES string of the molecule is NC(=O)c1coc(-c2ccc(OC(F)F)c3oc4ccccc4c23)n1. The van der Waals surface area contributed by atoms with Gasteiger partial charge in [0, 0.05) is 16.3 Å². The molecule has 0 spiro atoms. The Morgan fingerprint density at radius 3 is 2.72 bits per heavy atom. The molecule has 0 saturated heterocycles. The number of amides is 1. The Kier molecular flexibility index (Phi) is 3.38. The number of rotatable bonds is 4. The van der Waals surface area contributed by atoms with Crippen molar-refractivity contribution in [1.29, 1.82) is 0 Å². The second kappa shape index (κ2) is 5.59. The molecule has 2 N–H and O–H groups in total. The van der Waals surface area contributed by atoms with Crippen LogP contribution in [-0.4, -0.2) is 17.5 Å². The van der Waals surface area contributed by atoms with Crippen molar-refractivity contribution in [3.05, 3.63) is 48.4 Å². The standard InChI is InChI=1S/C17H10F2N2O4/c18-17(19)25-12-6-5-9(16-21-10(7-23-16)15(20)22)13-8-3-1-2-4-11(8)24-14(12)13/h1-7,17H,(H2,20,22). The number of benzene rings is 2. The summed E-state index contributed by atoms with van der Waals surface area (Å²) in [6, 6.07) is 9.86. The summed E-state index contributed by atoms with van der Waals surface area (Å²) in [7, 11) is 0. The van der Waals surface area contributed by atoms with Gasteiger partial charge in [0.25, 0.3) is 5.91 Å². The number of halogens is 2. The highest BCUT2D eigenvalue weighted by Gasteiger charge is 2.21. The molecule has 0 aliphatic carbocycles. The first-order valence-electron chi connectivity index (χ1n) is 7.19. The van der Waals surface area contributed by atoms with Gasteiger partial charge in [-0.2, -0.15) is 8.78 Å². The summed E-state index contributed by atoms with van der Waals surface area (Å²) < 4.78 is 40.9. The number of primary amides is 1. The number of oxazole rings is 1. The molecule has 4 aromatic rings. The number of hydrogen-bond donors (Lipinski definition) is 1. The van der Waals surface area contributed by atoms with Gasteiger partial charge in [-0.3, -0.25) is 4.79 Å². The molecule has 0 atom stereocenters. The molecule has 0 saturated carbocycles. The van der Waals surface area contributed by atoms with Crippen molar-refractivity contribution < 1.29 is 27.1 Å². The van der Waals surface area contributed by atoms with Crippen LogP contribution in [0.1, 0.15) is 10.5 Å². The molecule has 2 aromatic carbocycles. The van der Waals surface area contributed by atoms with Crippen LogP contribution in [0.25, 0.3) is 33.4 Å². The van der Waals surface area contributed by atoms with Crippen LogP contribution < -0.4 is 10.5 Å². The predicted octanol–water partition coefficient (Wildman–Crippen LogP) is 3.94. The minimum absolute atomic E-state index is 0.0381. The molecule has 0 aliphatic rings. The van der Waals surface area contributed by atoms with Gasteiger partial charge >= 0.3 is 6.61 Å². The van der Waals surface area contributed by atoms with E-state index in [2.05, 4.69) is 9.72 Å². The first-order valence-corrected chi connectivity index (χ1v) is 7.19. The van der Waals surface area contributed by atoms with E-state index >= 15 is 0 Å². The Hall–Kier alpha value is -3.42. The smallest absolute Gasteiger partial charge is 0.387 e. The van der Waals surface area contributed by atoms with Gasteiger partial charge in [-0.25, -0.2) is 4.98 Å². The van der Waals surface area contributed by atoms with Crippen LogP contribution in [0, 0.1) is 0 Å². The summed E-state index contributed by atoms with van der Waals surface area (Å²) in [5, 5.41) is 1.16. The zero-order chi connectivity index (χ0) is 17.6. The number of para-hydroxylation sites is 1.